The van der Waals surface area contributed by atoms with Crippen LogP contribution in [0.3, 0.4) is 0 Å². The molecule has 0 saturated carbocycles. The number of hydrogen-bond donors (Lipinski definition) is 7. The van der Waals surface area contributed by atoms with Crippen LogP contribution >= 0.6 is 11.6 Å². The van der Waals surface area contributed by atoms with Crippen molar-refractivity contribution in [3.8, 4) is 11.5 Å². The Hall–Kier alpha value is -4.32. The number of carbonyl (C=O) groups excluding carboxylic acids is 1. The van der Waals surface area contributed by atoms with Crippen LogP contribution in [0.5, 0.6) is 11.5 Å². The average Bonchev–Trinajstić information content (AvgIpc) is 2.91. The molecule has 0 heterocycles. The number of carboxylic acid groups (broad SMARTS) is 1. The fourth-order valence-electron chi connectivity index (χ4n) is 4.04. The van der Waals surface area contributed by atoms with Crippen molar-refractivity contribution in [1.82, 2.24) is 0 Å². The normalized spacial score (nSPS) is 12.2. The minimum absolute atomic E-state index is 0.0845. The number of nitrogens with one attached hydrogen (secondary N) is 3. The molecule has 1 atom stereocenters. The molecule has 0 saturated heterocycles. The Morgan fingerprint density at radius 2 is 1.80 bits per heavy atom. The summed E-state index contributed by atoms with van der Waals surface area (Å²) in [6.07, 6.45) is 0.273. The summed E-state index contributed by atoms with van der Waals surface area (Å²) in [5.74, 6) is -1.16. The monoisotopic (exact) mass is 583 g/mol. The lowest BCUT2D eigenvalue weighted by molar-refractivity contribution is -0.139. The summed E-state index contributed by atoms with van der Waals surface area (Å²) in [6, 6.07) is 14.8. The minimum atomic E-state index is -1.16. The van der Waals surface area contributed by atoms with Crippen LogP contribution in [0, 0.1) is 5.41 Å². The smallest absolute Gasteiger partial charge is 0.341 e. The van der Waals surface area contributed by atoms with Gasteiger partial charge in [-0.2, -0.15) is 0 Å². The number of aliphatic carboxylic acids is 1. The number of halogens is 1. The van der Waals surface area contributed by atoms with Crippen LogP contribution in [0.25, 0.3) is 0 Å². The molecule has 12 heteroatoms. The third kappa shape index (κ3) is 8.34. The van der Waals surface area contributed by atoms with Crippen molar-refractivity contribution in [1.29, 1.82) is 5.41 Å². The number of nitrogen functional groups attached to an aromatic ring is 1. The Morgan fingerprint density at radius 3 is 2.41 bits per heavy atom. The lowest BCUT2D eigenvalue weighted by atomic mass is 9.88. The van der Waals surface area contributed by atoms with E-state index in [1.54, 1.807) is 62.4 Å². The van der Waals surface area contributed by atoms with Crippen molar-refractivity contribution in [3.05, 3.63) is 81.9 Å². The first-order valence-corrected chi connectivity index (χ1v) is 13.2. The number of carbonyl (C=O) groups is 2. The molecular formula is C29H34ClN5O6. The summed E-state index contributed by atoms with van der Waals surface area (Å²) in [6.45, 7) is 3.22. The summed E-state index contributed by atoms with van der Waals surface area (Å²) in [5, 5.41) is 32.7. The van der Waals surface area contributed by atoms with Gasteiger partial charge < -0.3 is 41.8 Å². The van der Waals surface area contributed by atoms with E-state index in [4.69, 9.17) is 38.0 Å². The predicted molar refractivity (Wildman–Crippen MR) is 158 cm³/mol. The third-order valence-electron chi connectivity index (χ3n) is 6.21. The van der Waals surface area contributed by atoms with Crippen molar-refractivity contribution in [3.63, 3.8) is 0 Å². The molecular weight excluding hydrogens is 550 g/mol. The van der Waals surface area contributed by atoms with Gasteiger partial charge in [-0.3, -0.25) is 10.2 Å². The highest BCUT2D eigenvalue weighted by Crippen LogP contribution is 2.38. The van der Waals surface area contributed by atoms with Gasteiger partial charge in [0.1, 0.15) is 5.84 Å². The van der Waals surface area contributed by atoms with Gasteiger partial charge in [-0.15, -0.1) is 0 Å². The number of carboxylic acids is 1. The molecule has 3 aromatic carbocycles. The van der Waals surface area contributed by atoms with Crippen molar-refractivity contribution < 1.29 is 29.3 Å². The largest absolute Gasteiger partial charge is 0.490 e. The molecule has 0 aromatic heterocycles. The lowest BCUT2D eigenvalue weighted by Gasteiger charge is -2.27. The van der Waals surface area contributed by atoms with E-state index in [0.717, 1.165) is 0 Å². The molecule has 11 nitrogen and oxygen atoms in total. The molecule has 0 bridgehead atoms. The second-order valence-corrected chi connectivity index (χ2v) is 9.89. The van der Waals surface area contributed by atoms with Crippen LogP contribution in [0.4, 0.5) is 11.4 Å². The van der Waals surface area contributed by atoms with E-state index in [1.165, 1.54) is 6.07 Å². The average molecular weight is 584 g/mol. The fourth-order valence-corrected chi connectivity index (χ4v) is 4.21. The Morgan fingerprint density at radius 1 is 1.10 bits per heavy atom. The molecule has 0 aliphatic carbocycles. The fraction of sp³-hybridized carbons (Fsp3) is 0.276. The number of amidine groups is 1. The number of amides is 1. The Balaban J connectivity index is 1.96. The third-order valence-corrected chi connectivity index (χ3v) is 6.45. The highest BCUT2D eigenvalue weighted by molar-refractivity contribution is 6.31. The number of aliphatic hydroxyl groups is 1. The van der Waals surface area contributed by atoms with Gasteiger partial charge in [0.15, 0.2) is 18.1 Å². The number of rotatable bonds is 14. The van der Waals surface area contributed by atoms with Crippen molar-refractivity contribution in [2.75, 3.05) is 30.5 Å². The standard InChI is InChI=1S/C29H34ClN5O6/c1-3-40-24-13-19(29(2,33)10-11-36)12-18(26(24)41-16-25(37)38)15-34-23-9-6-20(30)14-22(23)28(39)35-21-7-4-17(5-8-21)27(31)32/h4-9,12-14,34,36H,3,10-11,15-16,33H2,1-2H3,(H3,31,32)(H,35,39)(H,37,38). The first kappa shape index (κ1) is 31.2. The van der Waals surface area contributed by atoms with Crippen molar-refractivity contribution >= 4 is 40.7 Å². The molecule has 41 heavy (non-hydrogen) atoms. The molecule has 1 unspecified atom stereocenters. The van der Waals surface area contributed by atoms with E-state index in [2.05, 4.69) is 10.6 Å². The zero-order chi connectivity index (χ0) is 30.2. The van der Waals surface area contributed by atoms with Gasteiger partial charge in [0.25, 0.3) is 5.91 Å². The van der Waals surface area contributed by atoms with Crippen LogP contribution in [0.2, 0.25) is 5.02 Å². The molecule has 0 radical (unpaired) electrons. The summed E-state index contributed by atoms with van der Waals surface area (Å²) in [4.78, 5) is 24.5. The SMILES string of the molecule is CCOc1cc(C(C)(N)CCO)cc(CNc2ccc(Cl)cc2C(=O)Nc2ccc(C(=N)N)cc2)c1OCC(=O)O. The zero-order valence-corrected chi connectivity index (χ0v) is 23.5. The van der Waals surface area contributed by atoms with Gasteiger partial charge in [-0.1, -0.05) is 11.6 Å². The highest BCUT2D eigenvalue weighted by atomic mass is 35.5. The highest BCUT2D eigenvalue weighted by Gasteiger charge is 2.25. The van der Waals surface area contributed by atoms with Crippen LogP contribution in [0.15, 0.2) is 54.6 Å². The molecule has 9 N–H and O–H groups in total. The maximum atomic E-state index is 13.2. The lowest BCUT2D eigenvalue weighted by Crippen LogP contribution is -2.34. The molecule has 1 amide bonds. The number of anilines is 2. The number of nitrogens with two attached hydrogens (primary N) is 2. The van der Waals surface area contributed by atoms with Gasteiger partial charge in [0, 0.05) is 46.2 Å². The molecule has 0 aliphatic rings. The molecule has 0 aliphatic heterocycles. The van der Waals surface area contributed by atoms with E-state index >= 15 is 0 Å². The maximum Gasteiger partial charge on any atom is 0.341 e. The van der Waals surface area contributed by atoms with E-state index in [9.17, 15) is 19.8 Å². The van der Waals surface area contributed by atoms with Crippen LogP contribution < -0.4 is 31.6 Å². The van der Waals surface area contributed by atoms with E-state index in [-0.39, 0.29) is 43.3 Å². The minimum Gasteiger partial charge on any atom is -0.490 e. The van der Waals surface area contributed by atoms with Crippen molar-refractivity contribution in [2.24, 2.45) is 11.5 Å². The number of hydrogen-bond acceptors (Lipinski definition) is 8. The van der Waals surface area contributed by atoms with Gasteiger partial charge in [0.2, 0.25) is 0 Å². The molecule has 218 valence electrons. The second-order valence-electron chi connectivity index (χ2n) is 9.46. The van der Waals surface area contributed by atoms with Gasteiger partial charge in [-0.25, -0.2) is 4.79 Å². The predicted octanol–water partition coefficient (Wildman–Crippen LogP) is 3.91. The number of benzene rings is 3. The zero-order valence-electron chi connectivity index (χ0n) is 22.8. The molecule has 0 fully saturated rings. The summed E-state index contributed by atoms with van der Waals surface area (Å²) < 4.78 is 11.4. The van der Waals surface area contributed by atoms with Crippen LogP contribution in [-0.4, -0.2) is 47.7 Å². The van der Waals surface area contributed by atoms with E-state index < -0.39 is 24.0 Å². The Bertz CT molecular complexity index is 1410. The van der Waals surface area contributed by atoms with E-state index in [1.807, 2.05) is 0 Å². The number of aliphatic hydroxyl groups excluding tert-OH is 1. The number of ether oxygens (including phenoxy) is 2. The Kier molecular flexibility index (Phi) is 10.5. The summed E-state index contributed by atoms with van der Waals surface area (Å²) in [7, 11) is 0. The van der Waals surface area contributed by atoms with Gasteiger partial charge in [0.05, 0.1) is 12.2 Å². The van der Waals surface area contributed by atoms with Gasteiger partial charge in [-0.05, 0) is 80.4 Å². The Labute approximate surface area is 242 Å². The summed E-state index contributed by atoms with van der Waals surface area (Å²) >= 11 is 6.22. The van der Waals surface area contributed by atoms with Gasteiger partial charge >= 0.3 is 5.97 Å². The first-order valence-electron chi connectivity index (χ1n) is 12.8. The van der Waals surface area contributed by atoms with Crippen LogP contribution in [0.1, 0.15) is 47.3 Å². The van der Waals surface area contributed by atoms with Crippen molar-refractivity contribution in [2.45, 2.75) is 32.4 Å². The maximum absolute atomic E-state index is 13.2. The quantitative estimate of drug-likeness (QED) is 0.109. The molecule has 3 aromatic rings. The molecule has 0 spiro atoms. The first-order chi connectivity index (χ1) is 19.4. The van der Waals surface area contributed by atoms with E-state index in [0.29, 0.717) is 38.8 Å². The topological polar surface area (TPSA) is 193 Å². The van der Waals surface area contributed by atoms with Crippen LogP contribution in [-0.2, 0) is 16.9 Å². The molecule has 3 rings (SSSR count). The summed E-state index contributed by atoms with van der Waals surface area (Å²) in [5.41, 5.74) is 14.0. The second kappa shape index (κ2) is 13.8.